The van der Waals surface area contributed by atoms with E-state index in [9.17, 15) is 0 Å². The average Bonchev–Trinajstić information content (AvgIpc) is 2.56. The van der Waals surface area contributed by atoms with Gasteiger partial charge in [-0.2, -0.15) is 0 Å². The minimum absolute atomic E-state index is 0.654. The van der Waals surface area contributed by atoms with E-state index in [1.807, 2.05) is 18.2 Å². The summed E-state index contributed by atoms with van der Waals surface area (Å²) in [6, 6.07) is 12.3. The van der Waals surface area contributed by atoms with Crippen LogP contribution >= 0.6 is 0 Å². The number of hydrogen-bond acceptors (Lipinski definition) is 1. The van der Waals surface area contributed by atoms with Crippen molar-refractivity contribution in [1.29, 1.82) is 0 Å². The van der Waals surface area contributed by atoms with E-state index in [2.05, 4.69) is 31.4 Å². The van der Waals surface area contributed by atoms with Gasteiger partial charge in [-0.25, -0.2) is 0 Å². The molecule has 1 heterocycles. The number of hydrogen-bond donors (Lipinski definition) is 0. The van der Waals surface area contributed by atoms with E-state index in [1.165, 1.54) is 5.39 Å². The lowest BCUT2D eigenvalue weighted by Crippen LogP contribution is -2.15. The minimum Gasteiger partial charge on any atom is -0.456 e. The third-order valence-corrected chi connectivity index (χ3v) is 2.77. The van der Waals surface area contributed by atoms with Gasteiger partial charge < -0.3 is 4.42 Å². The van der Waals surface area contributed by atoms with Crippen LogP contribution in [0.5, 0.6) is 0 Å². The Balaban J connectivity index is 2.72. The van der Waals surface area contributed by atoms with Gasteiger partial charge >= 0.3 is 0 Å². The van der Waals surface area contributed by atoms with Crippen molar-refractivity contribution in [2.75, 3.05) is 0 Å². The van der Waals surface area contributed by atoms with Crippen LogP contribution in [0.4, 0.5) is 0 Å². The minimum atomic E-state index is 0.654. The molecular formula is C14H10O. The van der Waals surface area contributed by atoms with E-state index < -0.39 is 0 Å². The van der Waals surface area contributed by atoms with E-state index in [-0.39, 0.29) is 0 Å². The Morgan fingerprint density at radius 3 is 2.53 bits per heavy atom. The smallest absolute Gasteiger partial charge is 0.143 e. The zero-order valence-corrected chi connectivity index (χ0v) is 8.29. The highest BCUT2D eigenvalue weighted by atomic mass is 16.3. The number of rotatable bonds is 0. The molecule has 15 heavy (non-hydrogen) atoms. The molecular weight excluding hydrogens is 184 g/mol. The van der Waals surface area contributed by atoms with Crippen LogP contribution in [0.1, 0.15) is 0 Å². The summed E-state index contributed by atoms with van der Waals surface area (Å²) in [5.41, 5.74) is 1.55. The molecule has 0 bridgehead atoms. The van der Waals surface area contributed by atoms with Crippen molar-refractivity contribution in [3.05, 3.63) is 47.0 Å². The van der Waals surface area contributed by atoms with Gasteiger partial charge in [-0.1, -0.05) is 43.5 Å². The molecule has 0 unspecified atom stereocenters. The average molecular weight is 194 g/mol. The molecule has 0 aliphatic heterocycles. The first kappa shape index (κ1) is 8.30. The second-order valence-electron chi connectivity index (χ2n) is 3.67. The normalized spacial score (nSPS) is 11.2. The molecule has 1 heteroatoms. The molecule has 0 atom stereocenters. The Labute approximate surface area is 86.9 Å². The van der Waals surface area contributed by atoms with Crippen molar-refractivity contribution in [2.24, 2.45) is 0 Å². The molecule has 0 amide bonds. The van der Waals surface area contributed by atoms with Crippen LogP contribution in [0.15, 0.2) is 40.8 Å². The van der Waals surface area contributed by atoms with Crippen molar-refractivity contribution >= 4 is 34.9 Å². The van der Waals surface area contributed by atoms with E-state index in [4.69, 9.17) is 4.42 Å². The molecule has 0 radical (unpaired) electrons. The Morgan fingerprint density at radius 2 is 1.67 bits per heavy atom. The first-order valence-corrected chi connectivity index (χ1v) is 4.85. The molecule has 72 valence electrons. The number of benzene rings is 2. The fraction of sp³-hybridized carbons (Fsp3) is 0. The zero-order chi connectivity index (χ0) is 10.4. The lowest BCUT2D eigenvalue weighted by atomic mass is 10.1. The zero-order valence-electron chi connectivity index (χ0n) is 8.29. The molecule has 3 rings (SSSR count). The SMILES string of the molecule is C=c1oc2c(ccc3ccccc32)c1=C. The Bertz CT molecular complexity index is 750. The van der Waals surface area contributed by atoms with E-state index >= 15 is 0 Å². The molecule has 2 aromatic carbocycles. The number of furan rings is 1. The highest BCUT2D eigenvalue weighted by Crippen LogP contribution is 2.22. The van der Waals surface area contributed by atoms with Crippen molar-refractivity contribution in [1.82, 2.24) is 0 Å². The third-order valence-electron chi connectivity index (χ3n) is 2.77. The van der Waals surface area contributed by atoms with E-state index in [0.29, 0.717) is 5.42 Å². The van der Waals surface area contributed by atoms with Crippen LogP contribution in [-0.2, 0) is 0 Å². The lowest BCUT2D eigenvalue weighted by molar-refractivity contribution is 0.580. The Kier molecular flexibility index (Phi) is 1.51. The third kappa shape index (κ3) is 1.03. The van der Waals surface area contributed by atoms with Gasteiger partial charge in [0.05, 0.1) is 0 Å². The Morgan fingerprint density at radius 1 is 0.867 bits per heavy atom. The topological polar surface area (TPSA) is 13.1 Å². The van der Waals surface area contributed by atoms with Crippen LogP contribution in [0.25, 0.3) is 34.9 Å². The second-order valence-corrected chi connectivity index (χ2v) is 3.67. The highest BCUT2D eigenvalue weighted by Gasteiger charge is 2.04. The molecule has 0 fully saturated rings. The summed E-state index contributed by atoms with van der Waals surface area (Å²) in [7, 11) is 0. The standard InChI is InChI=1S/C14H10O/c1-9-10(2)15-14-12(9)8-7-11-5-3-4-6-13(11)14/h3-8H,1-2H2. The second kappa shape index (κ2) is 2.74. The summed E-state index contributed by atoms with van der Waals surface area (Å²) in [6.45, 7) is 7.79. The summed E-state index contributed by atoms with van der Waals surface area (Å²) in [5.74, 6) is 0. The molecule has 3 aromatic rings. The van der Waals surface area contributed by atoms with E-state index in [0.717, 1.165) is 21.6 Å². The molecule has 1 nitrogen and oxygen atoms in total. The predicted octanol–water partition coefficient (Wildman–Crippen LogP) is 2.41. The van der Waals surface area contributed by atoms with Crippen molar-refractivity contribution in [3.63, 3.8) is 0 Å². The molecule has 0 saturated carbocycles. The molecule has 0 aliphatic carbocycles. The van der Waals surface area contributed by atoms with Gasteiger partial charge in [0.15, 0.2) is 0 Å². The van der Waals surface area contributed by atoms with Crippen LogP contribution in [0, 0.1) is 0 Å². The maximum atomic E-state index is 5.64. The highest BCUT2D eigenvalue weighted by molar-refractivity contribution is 6.04. The molecule has 0 aliphatic rings. The van der Waals surface area contributed by atoms with Gasteiger partial charge in [0.2, 0.25) is 0 Å². The first-order chi connectivity index (χ1) is 7.27. The fourth-order valence-electron chi connectivity index (χ4n) is 1.93. The largest absolute Gasteiger partial charge is 0.456 e. The maximum absolute atomic E-state index is 5.64. The van der Waals surface area contributed by atoms with Gasteiger partial charge in [0, 0.05) is 16.0 Å². The van der Waals surface area contributed by atoms with Crippen LogP contribution in [0.2, 0.25) is 0 Å². The van der Waals surface area contributed by atoms with Crippen molar-refractivity contribution < 1.29 is 4.42 Å². The molecule has 0 spiro atoms. The monoisotopic (exact) mass is 194 g/mol. The number of fused-ring (bicyclic) bond motifs is 3. The summed E-state index contributed by atoms with van der Waals surface area (Å²) < 4.78 is 5.64. The molecule has 1 aromatic heterocycles. The van der Waals surface area contributed by atoms with Gasteiger partial charge in [-0.05, 0) is 11.5 Å². The van der Waals surface area contributed by atoms with Gasteiger partial charge in [0.25, 0.3) is 0 Å². The van der Waals surface area contributed by atoms with Gasteiger partial charge in [0.1, 0.15) is 11.0 Å². The maximum Gasteiger partial charge on any atom is 0.143 e. The van der Waals surface area contributed by atoms with E-state index in [1.54, 1.807) is 0 Å². The quantitative estimate of drug-likeness (QED) is 0.535. The van der Waals surface area contributed by atoms with Crippen LogP contribution < -0.4 is 10.6 Å². The molecule has 0 N–H and O–H groups in total. The fourth-order valence-corrected chi connectivity index (χ4v) is 1.93. The van der Waals surface area contributed by atoms with Crippen molar-refractivity contribution in [2.45, 2.75) is 0 Å². The predicted molar refractivity (Wildman–Crippen MR) is 64.0 cm³/mol. The summed E-state index contributed by atoms with van der Waals surface area (Å²) >= 11 is 0. The first-order valence-electron chi connectivity index (χ1n) is 4.85. The van der Waals surface area contributed by atoms with Crippen molar-refractivity contribution in [3.8, 4) is 0 Å². The van der Waals surface area contributed by atoms with Crippen LogP contribution in [0.3, 0.4) is 0 Å². The van der Waals surface area contributed by atoms with Gasteiger partial charge in [-0.15, -0.1) is 0 Å². The lowest BCUT2D eigenvalue weighted by Gasteiger charge is -1.96. The summed E-state index contributed by atoms with van der Waals surface area (Å²) in [6.07, 6.45) is 0. The van der Waals surface area contributed by atoms with Gasteiger partial charge in [-0.3, -0.25) is 0 Å². The Hall–Kier alpha value is -2.02. The van der Waals surface area contributed by atoms with Crippen LogP contribution in [-0.4, -0.2) is 0 Å². The summed E-state index contributed by atoms with van der Waals surface area (Å²) in [4.78, 5) is 0. The summed E-state index contributed by atoms with van der Waals surface area (Å²) in [5, 5.41) is 4.24. The molecule has 0 saturated heterocycles.